The topological polar surface area (TPSA) is 143 Å². The van der Waals surface area contributed by atoms with E-state index in [-0.39, 0.29) is 17.1 Å². The Morgan fingerprint density at radius 1 is 0.188 bits per heavy atom. The van der Waals surface area contributed by atoms with Crippen molar-refractivity contribution in [2.45, 2.75) is 237 Å². The molecule has 0 fully saturated rings. The fourth-order valence-electron chi connectivity index (χ4n) is 7.93. The molecule has 1 radical (unpaired) electrons. The predicted molar refractivity (Wildman–Crippen MR) is 268 cm³/mol. The fraction of sp³-hybridized carbons (Fsp3) is 0.889. The number of hydrogen-bond donors (Lipinski definition) is 0. The molecule has 0 rings (SSSR count). The molecule has 0 saturated carbocycles. The molecule has 0 bridgehead atoms. The third-order valence-corrected chi connectivity index (χ3v) is 11.8. The molecule has 0 atom stereocenters. The summed E-state index contributed by atoms with van der Waals surface area (Å²) in [5, 5.41) is 37.5. The van der Waals surface area contributed by atoms with Crippen molar-refractivity contribution in [1.29, 1.82) is 31.6 Å². The number of hydrogen-bond acceptors (Lipinski definition) is 6. The first-order chi connectivity index (χ1) is 30.7. The van der Waals surface area contributed by atoms with Gasteiger partial charge in [-0.1, -0.05) is 160 Å². The van der Waals surface area contributed by atoms with Crippen LogP contribution in [0, 0.1) is 71.0 Å². The molecule has 0 heterocycles. The van der Waals surface area contributed by atoms with Crippen LogP contribution < -0.4 is 0 Å². The smallest absolute Gasteiger partial charge is 0.512 e. The molecule has 0 aromatic rings. The van der Waals surface area contributed by atoms with Crippen molar-refractivity contribution in [3.63, 3.8) is 0 Å². The van der Waals surface area contributed by atoms with Crippen molar-refractivity contribution >= 4 is 0 Å². The summed E-state index contributed by atoms with van der Waals surface area (Å²) in [6.07, 6.45) is 33.2. The van der Waals surface area contributed by atoms with E-state index >= 15 is 0 Å². The summed E-state index contributed by atoms with van der Waals surface area (Å²) in [4.78, 5) is 0. The van der Waals surface area contributed by atoms with Gasteiger partial charge in [-0.3, -0.25) is 0 Å². The second-order valence-electron chi connectivity index (χ2n) is 17.0. The standard InChI is InChI=1S/3C16H36N.6CN.Fe/c3*1-5-9-13-17(14-10-6-2,15-11-7-3)16-12-8-4;6*1-2;/h3*5-16H2,1-4H3;;;;;;;/q3*+1;6*-1;+3. The van der Waals surface area contributed by atoms with E-state index in [0.717, 1.165) is 0 Å². The minimum atomic E-state index is 0. The third-order valence-electron chi connectivity index (χ3n) is 11.8. The Bertz CT molecular complexity index is 654. The van der Waals surface area contributed by atoms with Crippen LogP contribution in [0.1, 0.15) is 237 Å². The molecule has 0 aliphatic carbocycles. The van der Waals surface area contributed by atoms with E-state index in [1.54, 1.807) is 0 Å². The van der Waals surface area contributed by atoms with Crippen molar-refractivity contribution in [2.24, 2.45) is 0 Å². The van der Waals surface area contributed by atoms with Gasteiger partial charge in [0.25, 0.3) is 0 Å². The second kappa shape index (κ2) is 80.6. The SMILES string of the molecule is CCCC[N+](CCCC)(CCCC)CCCC.CCCC[N+](CCCC)(CCCC)CCCC.CCCC[N+](CCCC)(CCCC)CCCC.[C-]#N.[C-]#N.[C-]#N.[C-]#N.[C-]#N.[C-]#N.[Fe+3]. The van der Waals surface area contributed by atoms with Gasteiger partial charge in [0.1, 0.15) is 0 Å². The molecular formula is C54H108FeN9. The molecule has 0 amide bonds. The van der Waals surface area contributed by atoms with Crippen LogP contribution in [0.2, 0.25) is 0 Å². The van der Waals surface area contributed by atoms with E-state index in [0.29, 0.717) is 0 Å². The third kappa shape index (κ3) is 61.4. The molecule has 0 N–H and O–H groups in total. The first-order valence-corrected chi connectivity index (χ1v) is 25.6. The molecule has 377 valence electrons. The Hall–Kier alpha value is -2.66. The van der Waals surface area contributed by atoms with E-state index in [1.807, 2.05) is 0 Å². The van der Waals surface area contributed by atoms with Gasteiger partial charge < -0.3 is 84.5 Å². The largest absolute Gasteiger partial charge is 3.00 e. The maximum atomic E-state index is 6.25. The molecule has 9 nitrogen and oxygen atoms in total. The van der Waals surface area contributed by atoms with Crippen LogP contribution in [-0.2, 0) is 17.1 Å². The molecule has 10 heteroatoms. The van der Waals surface area contributed by atoms with E-state index in [1.165, 1.54) is 246 Å². The Kier molecular flexibility index (Phi) is 107. The van der Waals surface area contributed by atoms with Gasteiger partial charge in [-0.2, -0.15) is 0 Å². The van der Waals surface area contributed by atoms with Crippen molar-refractivity contribution in [2.75, 3.05) is 78.5 Å². The summed E-state index contributed by atoms with van der Waals surface area (Å²) >= 11 is 0. The molecule has 0 aliphatic rings. The number of unbranched alkanes of at least 4 members (excludes halogenated alkanes) is 12. The Morgan fingerprint density at radius 2 is 0.250 bits per heavy atom. The van der Waals surface area contributed by atoms with Gasteiger partial charge >= 0.3 is 17.1 Å². The molecule has 0 spiro atoms. The predicted octanol–water partition coefficient (Wildman–Crippen LogP) is 15.6. The van der Waals surface area contributed by atoms with Gasteiger partial charge in [0.05, 0.1) is 78.5 Å². The molecular weight excluding hydrogens is 831 g/mol. The molecule has 0 aromatic heterocycles. The van der Waals surface area contributed by atoms with Crippen LogP contribution in [0.3, 0.4) is 0 Å². The zero-order valence-corrected chi connectivity index (χ0v) is 45.9. The van der Waals surface area contributed by atoms with Gasteiger partial charge in [0.2, 0.25) is 0 Å². The molecule has 0 aliphatic heterocycles. The van der Waals surface area contributed by atoms with Crippen molar-refractivity contribution in [1.82, 2.24) is 0 Å². The number of rotatable bonds is 36. The first-order valence-electron chi connectivity index (χ1n) is 25.6. The van der Waals surface area contributed by atoms with E-state index in [9.17, 15) is 0 Å². The van der Waals surface area contributed by atoms with Crippen molar-refractivity contribution in [3.05, 3.63) is 39.4 Å². The summed E-state index contributed by atoms with van der Waals surface area (Å²) in [6.45, 7) is 73.6. The second-order valence-corrected chi connectivity index (χ2v) is 17.0. The van der Waals surface area contributed by atoms with Gasteiger partial charge in [-0.15, -0.1) is 0 Å². The van der Waals surface area contributed by atoms with Crippen LogP contribution in [-0.4, -0.2) is 92.0 Å². The average Bonchev–Trinajstić information content (AvgIpc) is 3.36. The summed E-state index contributed by atoms with van der Waals surface area (Å²) in [6, 6.07) is 0. The average molecular weight is 939 g/mol. The van der Waals surface area contributed by atoms with Gasteiger partial charge in [-0.25, -0.2) is 0 Å². The zero-order chi connectivity index (χ0) is 51.0. The zero-order valence-electron chi connectivity index (χ0n) is 44.8. The quantitative estimate of drug-likeness (QED) is 0.0348. The summed E-state index contributed by atoms with van der Waals surface area (Å²) in [5.41, 5.74) is 0. The maximum Gasteiger partial charge on any atom is 3.00 e. The fourth-order valence-corrected chi connectivity index (χ4v) is 7.93. The molecule has 0 unspecified atom stereocenters. The van der Waals surface area contributed by atoms with Crippen LogP contribution in [0.15, 0.2) is 0 Å². The van der Waals surface area contributed by atoms with Crippen LogP contribution in [0.25, 0.3) is 0 Å². The van der Waals surface area contributed by atoms with E-state index in [4.69, 9.17) is 71.0 Å². The normalized spacial score (nSPS) is 9.75. The van der Waals surface area contributed by atoms with Gasteiger partial charge in [0.15, 0.2) is 0 Å². The van der Waals surface area contributed by atoms with Gasteiger partial charge in [0, 0.05) is 0 Å². The molecule has 0 aromatic carbocycles. The minimum absolute atomic E-state index is 0. The summed E-state index contributed by atoms with van der Waals surface area (Å²) < 4.78 is 4.26. The maximum absolute atomic E-state index is 6.25. The number of nitrogens with zero attached hydrogens (tertiary/aromatic N) is 9. The minimum Gasteiger partial charge on any atom is -0.512 e. The molecule has 0 saturated heterocycles. The Labute approximate surface area is 415 Å². The van der Waals surface area contributed by atoms with Crippen molar-refractivity contribution < 1.29 is 30.5 Å². The first kappa shape index (κ1) is 84.7. The molecule has 64 heavy (non-hydrogen) atoms. The number of quaternary nitrogens is 3. The van der Waals surface area contributed by atoms with Crippen LogP contribution >= 0.6 is 0 Å². The van der Waals surface area contributed by atoms with Crippen LogP contribution in [0.5, 0.6) is 0 Å². The Morgan fingerprint density at radius 3 is 0.297 bits per heavy atom. The van der Waals surface area contributed by atoms with E-state index in [2.05, 4.69) is 83.1 Å². The summed E-state index contributed by atoms with van der Waals surface area (Å²) in [5.74, 6) is 0. The monoisotopic (exact) mass is 939 g/mol. The van der Waals surface area contributed by atoms with Crippen molar-refractivity contribution in [3.8, 4) is 0 Å². The van der Waals surface area contributed by atoms with Gasteiger partial charge in [-0.05, 0) is 77.0 Å². The van der Waals surface area contributed by atoms with E-state index < -0.39 is 0 Å². The van der Waals surface area contributed by atoms with Crippen LogP contribution in [0.4, 0.5) is 0 Å². The Balaban J connectivity index is -0.0000000755. The summed E-state index contributed by atoms with van der Waals surface area (Å²) in [7, 11) is 0.